The van der Waals surface area contributed by atoms with E-state index < -0.39 is 0 Å². The summed E-state index contributed by atoms with van der Waals surface area (Å²) in [5.74, 6) is 5.09. The number of carbonyl (C=O) groups is 1. The van der Waals surface area contributed by atoms with Gasteiger partial charge in [0.1, 0.15) is 11.6 Å². The minimum absolute atomic E-state index is 0.351. The first-order valence-electron chi connectivity index (χ1n) is 8.77. The number of hydrogen-bond donors (Lipinski definition) is 0. The van der Waals surface area contributed by atoms with Gasteiger partial charge in [0.15, 0.2) is 0 Å². The Morgan fingerprint density at radius 1 is 1.19 bits per heavy atom. The summed E-state index contributed by atoms with van der Waals surface area (Å²) in [6.07, 6.45) is 12.3. The van der Waals surface area contributed by atoms with Crippen molar-refractivity contribution in [3.63, 3.8) is 0 Å². The van der Waals surface area contributed by atoms with Gasteiger partial charge in [-0.3, -0.25) is 4.79 Å². The maximum atomic E-state index is 12.9. The third-order valence-corrected chi connectivity index (χ3v) is 6.20. The van der Waals surface area contributed by atoms with Gasteiger partial charge in [0.2, 0.25) is 0 Å². The van der Waals surface area contributed by atoms with Gasteiger partial charge in [-0.1, -0.05) is 6.92 Å². The van der Waals surface area contributed by atoms with Gasteiger partial charge >= 0.3 is 0 Å². The number of hydrogen-bond acceptors (Lipinski definition) is 2. The average Bonchev–Trinajstić information content (AvgIpc) is 2.85. The van der Waals surface area contributed by atoms with Crippen LogP contribution in [0.4, 0.5) is 0 Å². The van der Waals surface area contributed by atoms with E-state index in [9.17, 15) is 4.79 Å². The van der Waals surface area contributed by atoms with Crippen LogP contribution in [0.15, 0.2) is 12.4 Å². The number of rotatable bonds is 5. The van der Waals surface area contributed by atoms with Gasteiger partial charge in [-0.15, -0.1) is 0 Å². The van der Waals surface area contributed by atoms with Crippen LogP contribution in [0.5, 0.6) is 0 Å². The molecule has 4 saturated carbocycles. The van der Waals surface area contributed by atoms with Gasteiger partial charge in [-0.05, 0) is 62.2 Å². The Hall–Kier alpha value is -1.12. The molecule has 1 aromatic rings. The van der Waals surface area contributed by atoms with Gasteiger partial charge < -0.3 is 4.57 Å². The number of aryl methyl sites for hydroxylation is 1. The molecule has 0 amide bonds. The molecular formula is C18H26N2O. The van der Waals surface area contributed by atoms with E-state index in [1.807, 2.05) is 12.4 Å². The molecule has 0 saturated heterocycles. The SMILES string of the molecule is CCCn1ccnc1CC(=O)C1C2CC3CC(C2)CC1C3. The molecule has 1 heterocycles. The van der Waals surface area contributed by atoms with E-state index >= 15 is 0 Å². The van der Waals surface area contributed by atoms with Crippen LogP contribution in [-0.4, -0.2) is 15.3 Å². The van der Waals surface area contributed by atoms with Crippen molar-refractivity contribution in [3.8, 4) is 0 Å². The van der Waals surface area contributed by atoms with Gasteiger partial charge in [0, 0.05) is 24.9 Å². The Morgan fingerprint density at radius 2 is 1.86 bits per heavy atom. The van der Waals surface area contributed by atoms with Crippen LogP contribution < -0.4 is 0 Å². The lowest BCUT2D eigenvalue weighted by atomic mass is 9.51. The van der Waals surface area contributed by atoms with Crippen molar-refractivity contribution in [2.24, 2.45) is 29.6 Å². The van der Waals surface area contributed by atoms with Gasteiger partial charge in [0.05, 0.1) is 6.42 Å². The number of Topliss-reactive ketones (excluding diaryl/α,β-unsaturated/α-hetero) is 1. The van der Waals surface area contributed by atoms with Crippen molar-refractivity contribution < 1.29 is 4.79 Å². The molecule has 1 aromatic heterocycles. The quantitative estimate of drug-likeness (QED) is 0.830. The van der Waals surface area contributed by atoms with E-state index in [0.717, 1.165) is 30.6 Å². The highest BCUT2D eigenvalue weighted by molar-refractivity contribution is 5.83. The molecule has 0 spiro atoms. The molecule has 4 aliphatic rings. The molecule has 4 aliphatic carbocycles. The number of carbonyl (C=O) groups excluding carboxylic acids is 1. The molecule has 0 unspecified atom stereocenters. The Morgan fingerprint density at radius 3 is 2.48 bits per heavy atom. The summed E-state index contributed by atoms with van der Waals surface area (Å²) in [6.45, 7) is 3.15. The highest BCUT2D eigenvalue weighted by Gasteiger charge is 2.50. The van der Waals surface area contributed by atoms with E-state index in [0.29, 0.717) is 30.0 Å². The molecule has 4 fully saturated rings. The second-order valence-electron chi connectivity index (χ2n) is 7.64. The molecule has 0 N–H and O–H groups in total. The number of ketones is 1. The summed E-state index contributed by atoms with van der Waals surface area (Å²) in [7, 11) is 0. The Balaban J connectivity index is 1.49. The molecule has 5 rings (SSSR count). The van der Waals surface area contributed by atoms with E-state index in [2.05, 4.69) is 16.5 Å². The summed E-state index contributed by atoms with van der Waals surface area (Å²) in [5, 5.41) is 0. The third-order valence-electron chi connectivity index (χ3n) is 6.20. The number of imidazole rings is 1. The van der Waals surface area contributed by atoms with Crippen LogP contribution >= 0.6 is 0 Å². The van der Waals surface area contributed by atoms with Crippen molar-refractivity contribution in [1.29, 1.82) is 0 Å². The molecule has 3 nitrogen and oxygen atoms in total. The Kier molecular flexibility index (Phi) is 3.39. The molecular weight excluding hydrogens is 260 g/mol. The zero-order valence-electron chi connectivity index (χ0n) is 13.0. The van der Waals surface area contributed by atoms with Crippen LogP contribution in [0, 0.1) is 29.6 Å². The molecule has 4 bridgehead atoms. The largest absolute Gasteiger partial charge is 0.335 e. The van der Waals surface area contributed by atoms with Crippen LogP contribution in [0.25, 0.3) is 0 Å². The predicted octanol–water partition coefficient (Wildman–Crippen LogP) is 3.48. The number of aromatic nitrogens is 2. The first-order chi connectivity index (χ1) is 10.2. The summed E-state index contributed by atoms with van der Waals surface area (Å²) < 4.78 is 2.16. The van der Waals surface area contributed by atoms with Crippen molar-refractivity contribution in [3.05, 3.63) is 18.2 Å². The molecule has 21 heavy (non-hydrogen) atoms. The molecule has 0 aliphatic heterocycles. The standard InChI is InChI=1S/C18H26N2O/c1-2-4-20-5-3-19-17(20)11-16(21)18-14-7-12-6-13(9-14)10-15(18)8-12/h3,5,12-15,18H,2,4,6-11H2,1H3. The minimum Gasteiger partial charge on any atom is -0.335 e. The first-order valence-corrected chi connectivity index (χ1v) is 8.77. The van der Waals surface area contributed by atoms with Crippen LogP contribution in [-0.2, 0) is 17.8 Å². The maximum absolute atomic E-state index is 12.9. The maximum Gasteiger partial charge on any atom is 0.144 e. The number of nitrogens with zero attached hydrogens (tertiary/aromatic N) is 2. The fraction of sp³-hybridized carbons (Fsp3) is 0.778. The van der Waals surface area contributed by atoms with Gasteiger partial charge in [-0.2, -0.15) is 0 Å². The fourth-order valence-corrected chi connectivity index (χ4v) is 5.68. The van der Waals surface area contributed by atoms with E-state index in [1.165, 1.54) is 32.1 Å². The molecule has 3 heteroatoms. The molecule has 0 atom stereocenters. The second kappa shape index (κ2) is 5.26. The van der Waals surface area contributed by atoms with Crippen molar-refractivity contribution in [1.82, 2.24) is 9.55 Å². The normalized spacial score (nSPS) is 37.1. The van der Waals surface area contributed by atoms with Gasteiger partial charge in [0.25, 0.3) is 0 Å². The third kappa shape index (κ3) is 2.35. The van der Waals surface area contributed by atoms with E-state index in [1.54, 1.807) is 0 Å². The summed E-state index contributed by atoms with van der Waals surface area (Å²) >= 11 is 0. The fourth-order valence-electron chi connectivity index (χ4n) is 5.68. The molecule has 114 valence electrons. The topological polar surface area (TPSA) is 34.9 Å². The lowest BCUT2D eigenvalue weighted by Gasteiger charge is -2.53. The van der Waals surface area contributed by atoms with Crippen molar-refractivity contribution in [2.75, 3.05) is 0 Å². The van der Waals surface area contributed by atoms with Gasteiger partial charge in [-0.25, -0.2) is 4.98 Å². The monoisotopic (exact) mass is 286 g/mol. The Bertz CT molecular complexity index is 505. The molecule has 0 aromatic carbocycles. The van der Waals surface area contributed by atoms with Crippen LogP contribution in [0.3, 0.4) is 0 Å². The smallest absolute Gasteiger partial charge is 0.144 e. The van der Waals surface area contributed by atoms with Crippen molar-refractivity contribution >= 4 is 5.78 Å². The summed E-state index contributed by atoms with van der Waals surface area (Å²) in [4.78, 5) is 17.3. The minimum atomic E-state index is 0.351. The van der Waals surface area contributed by atoms with Crippen LogP contribution in [0.1, 0.15) is 51.3 Å². The highest BCUT2D eigenvalue weighted by Crippen LogP contribution is 2.56. The van der Waals surface area contributed by atoms with Crippen LogP contribution in [0.2, 0.25) is 0 Å². The second-order valence-corrected chi connectivity index (χ2v) is 7.64. The molecule has 0 radical (unpaired) electrons. The first kappa shape index (κ1) is 13.5. The zero-order chi connectivity index (χ0) is 14.4. The average molecular weight is 286 g/mol. The Labute approximate surface area is 127 Å². The lowest BCUT2D eigenvalue weighted by Crippen LogP contribution is -2.48. The van der Waals surface area contributed by atoms with Crippen molar-refractivity contribution in [2.45, 2.75) is 58.4 Å². The van der Waals surface area contributed by atoms with E-state index in [4.69, 9.17) is 0 Å². The zero-order valence-corrected chi connectivity index (χ0v) is 13.0. The highest BCUT2D eigenvalue weighted by atomic mass is 16.1. The summed E-state index contributed by atoms with van der Waals surface area (Å²) in [5.41, 5.74) is 0. The lowest BCUT2D eigenvalue weighted by molar-refractivity contribution is -0.135. The predicted molar refractivity (Wildman–Crippen MR) is 81.8 cm³/mol. The van der Waals surface area contributed by atoms with E-state index in [-0.39, 0.29) is 0 Å². The summed E-state index contributed by atoms with van der Waals surface area (Å²) in [6, 6.07) is 0.